The minimum Gasteiger partial charge on any atom is -0.329 e. The van der Waals surface area contributed by atoms with Crippen LogP contribution in [0.3, 0.4) is 0 Å². The molecule has 0 atom stereocenters. The number of aryl methyl sites for hydroxylation is 1. The third kappa shape index (κ3) is 2.23. The van der Waals surface area contributed by atoms with Crippen molar-refractivity contribution in [3.63, 3.8) is 0 Å². The Kier molecular flexibility index (Phi) is 3.10. The second-order valence-corrected chi connectivity index (χ2v) is 4.86. The number of amidine groups is 1. The van der Waals surface area contributed by atoms with Crippen molar-refractivity contribution in [3.05, 3.63) is 28.2 Å². The van der Waals surface area contributed by atoms with E-state index in [0.717, 1.165) is 35.4 Å². The van der Waals surface area contributed by atoms with E-state index in [1.54, 1.807) is 0 Å². The predicted octanol–water partition coefficient (Wildman–Crippen LogP) is 3.73. The van der Waals surface area contributed by atoms with Crippen LogP contribution in [0, 0.1) is 12.3 Å². The zero-order valence-electron chi connectivity index (χ0n) is 8.89. The zero-order valence-corrected chi connectivity index (χ0v) is 10.5. The first-order valence-corrected chi connectivity index (χ1v) is 6.09. The Hall–Kier alpha value is -0.830. The van der Waals surface area contributed by atoms with E-state index in [1.807, 2.05) is 0 Å². The van der Waals surface area contributed by atoms with Crippen LogP contribution in [0.25, 0.3) is 0 Å². The molecule has 1 aromatic rings. The maximum atomic E-state index is 7.96. The molecule has 1 aliphatic rings. The Balaban J connectivity index is 2.34. The normalized spacial score (nSPS) is 16.9. The molecule has 2 nitrogen and oxygen atoms in total. The lowest BCUT2D eigenvalue weighted by atomic mass is 10.1. The maximum Gasteiger partial charge on any atom is 0.100 e. The Morgan fingerprint density at radius 1 is 1.33 bits per heavy atom. The highest BCUT2D eigenvalue weighted by Crippen LogP contribution is 2.30. The monoisotopic (exact) mass is 266 g/mol. The molecule has 15 heavy (non-hydrogen) atoms. The number of piperidine rings is 1. The predicted molar refractivity (Wildman–Crippen MR) is 67.8 cm³/mol. The minimum absolute atomic E-state index is 0.743. The summed E-state index contributed by atoms with van der Waals surface area (Å²) in [6.07, 6.45) is 3.24. The van der Waals surface area contributed by atoms with E-state index in [2.05, 4.69) is 46.0 Å². The molecule has 1 saturated heterocycles. The number of benzene rings is 1. The highest BCUT2D eigenvalue weighted by molar-refractivity contribution is 9.10. The van der Waals surface area contributed by atoms with Crippen molar-refractivity contribution < 1.29 is 0 Å². The molecule has 0 saturated carbocycles. The van der Waals surface area contributed by atoms with Gasteiger partial charge in [0, 0.05) is 17.4 Å². The molecule has 1 fully saturated rings. The summed E-state index contributed by atoms with van der Waals surface area (Å²) in [6.45, 7) is 3.06. The molecule has 0 aromatic heterocycles. The van der Waals surface area contributed by atoms with Crippen molar-refractivity contribution in [3.8, 4) is 0 Å². The highest BCUT2D eigenvalue weighted by Gasteiger charge is 2.18. The Morgan fingerprint density at radius 2 is 2.13 bits per heavy atom. The van der Waals surface area contributed by atoms with Gasteiger partial charge in [0.25, 0.3) is 0 Å². The van der Waals surface area contributed by atoms with E-state index in [4.69, 9.17) is 5.41 Å². The van der Waals surface area contributed by atoms with Crippen molar-refractivity contribution in [1.29, 1.82) is 5.41 Å². The number of anilines is 1. The zero-order chi connectivity index (χ0) is 10.8. The lowest BCUT2D eigenvalue weighted by Gasteiger charge is -2.30. The molecule has 2 rings (SSSR count). The summed E-state index contributed by atoms with van der Waals surface area (Å²) in [5.74, 6) is 0.743. The summed E-state index contributed by atoms with van der Waals surface area (Å²) in [4.78, 5) is 2.11. The van der Waals surface area contributed by atoms with Gasteiger partial charge in [0.1, 0.15) is 5.84 Å². The van der Waals surface area contributed by atoms with E-state index in [1.165, 1.54) is 12.0 Å². The van der Waals surface area contributed by atoms with Gasteiger partial charge in [0.05, 0.1) is 5.69 Å². The highest BCUT2D eigenvalue weighted by atomic mass is 79.9. The van der Waals surface area contributed by atoms with Crippen molar-refractivity contribution in [2.45, 2.75) is 26.2 Å². The molecule has 0 radical (unpaired) electrons. The molecule has 1 aromatic carbocycles. The van der Waals surface area contributed by atoms with Crippen LogP contribution in [0.4, 0.5) is 5.69 Å². The fraction of sp³-hybridized carbons (Fsp3) is 0.417. The van der Waals surface area contributed by atoms with E-state index in [9.17, 15) is 0 Å². The quantitative estimate of drug-likeness (QED) is 0.824. The molecule has 0 amide bonds. The molecule has 1 N–H and O–H groups in total. The van der Waals surface area contributed by atoms with E-state index < -0.39 is 0 Å². The van der Waals surface area contributed by atoms with Gasteiger partial charge >= 0.3 is 0 Å². The second-order valence-electron chi connectivity index (χ2n) is 4.01. The van der Waals surface area contributed by atoms with Gasteiger partial charge in [0.15, 0.2) is 0 Å². The Morgan fingerprint density at radius 3 is 2.87 bits per heavy atom. The van der Waals surface area contributed by atoms with Gasteiger partial charge in [-0.05, 0) is 53.4 Å². The lowest BCUT2D eigenvalue weighted by molar-refractivity contribution is 0.707. The molecule has 1 heterocycles. The maximum absolute atomic E-state index is 7.96. The third-order valence-electron chi connectivity index (χ3n) is 2.76. The molecule has 0 unspecified atom stereocenters. The van der Waals surface area contributed by atoms with Crippen molar-refractivity contribution in [2.24, 2.45) is 0 Å². The SMILES string of the molecule is Cc1ccc(Br)c(N2CCCCC2=N)c1. The first-order valence-electron chi connectivity index (χ1n) is 5.29. The minimum atomic E-state index is 0.743. The fourth-order valence-corrected chi connectivity index (χ4v) is 2.39. The van der Waals surface area contributed by atoms with Crippen LogP contribution in [0.5, 0.6) is 0 Å². The van der Waals surface area contributed by atoms with Crippen molar-refractivity contribution in [1.82, 2.24) is 0 Å². The van der Waals surface area contributed by atoms with E-state index >= 15 is 0 Å². The number of nitrogens with one attached hydrogen (secondary N) is 1. The van der Waals surface area contributed by atoms with Crippen LogP contribution in [-0.2, 0) is 0 Å². The van der Waals surface area contributed by atoms with E-state index in [-0.39, 0.29) is 0 Å². The van der Waals surface area contributed by atoms with Gasteiger partial charge in [0.2, 0.25) is 0 Å². The standard InChI is InChI=1S/C12H15BrN2/c1-9-5-6-10(13)11(8-9)15-7-3-2-4-12(15)14/h5-6,8,14H,2-4,7H2,1H3. The van der Waals surface area contributed by atoms with Gasteiger partial charge < -0.3 is 4.90 Å². The second kappa shape index (κ2) is 4.35. The summed E-state index contributed by atoms with van der Waals surface area (Å²) in [5, 5.41) is 7.96. The summed E-state index contributed by atoms with van der Waals surface area (Å²) >= 11 is 3.56. The first-order chi connectivity index (χ1) is 7.18. The smallest absolute Gasteiger partial charge is 0.100 e. The number of hydrogen-bond acceptors (Lipinski definition) is 1. The molecule has 3 heteroatoms. The van der Waals surface area contributed by atoms with E-state index in [0.29, 0.717) is 0 Å². The number of hydrogen-bond donors (Lipinski definition) is 1. The largest absolute Gasteiger partial charge is 0.329 e. The molecule has 80 valence electrons. The molecular formula is C12H15BrN2. The van der Waals surface area contributed by atoms with Crippen LogP contribution in [0.15, 0.2) is 22.7 Å². The van der Waals surface area contributed by atoms with Gasteiger partial charge in [-0.2, -0.15) is 0 Å². The van der Waals surface area contributed by atoms with Crippen LogP contribution >= 0.6 is 15.9 Å². The lowest BCUT2D eigenvalue weighted by Crippen LogP contribution is -2.34. The average molecular weight is 267 g/mol. The van der Waals surface area contributed by atoms with Gasteiger partial charge in [-0.3, -0.25) is 5.41 Å². The molecule has 0 spiro atoms. The Labute approximate surface area is 98.9 Å². The summed E-state index contributed by atoms with van der Waals surface area (Å²) in [6, 6.07) is 6.29. The molecule has 0 aliphatic carbocycles. The van der Waals surface area contributed by atoms with Crippen LogP contribution < -0.4 is 4.90 Å². The van der Waals surface area contributed by atoms with Gasteiger partial charge in [-0.15, -0.1) is 0 Å². The van der Waals surface area contributed by atoms with Crippen LogP contribution in [-0.4, -0.2) is 12.4 Å². The van der Waals surface area contributed by atoms with Crippen LogP contribution in [0.2, 0.25) is 0 Å². The van der Waals surface area contributed by atoms with Crippen LogP contribution in [0.1, 0.15) is 24.8 Å². The average Bonchev–Trinajstić information content (AvgIpc) is 2.23. The molecule has 0 bridgehead atoms. The van der Waals surface area contributed by atoms with Gasteiger partial charge in [-0.25, -0.2) is 0 Å². The van der Waals surface area contributed by atoms with Gasteiger partial charge in [-0.1, -0.05) is 6.07 Å². The number of rotatable bonds is 1. The van der Waals surface area contributed by atoms with Crippen molar-refractivity contribution >= 4 is 27.5 Å². The fourth-order valence-electron chi connectivity index (χ4n) is 1.93. The third-order valence-corrected chi connectivity index (χ3v) is 3.43. The molecule has 1 aliphatic heterocycles. The number of nitrogens with zero attached hydrogens (tertiary/aromatic N) is 1. The Bertz CT molecular complexity index is 387. The van der Waals surface area contributed by atoms with Crippen molar-refractivity contribution in [2.75, 3.05) is 11.4 Å². The first kappa shape index (κ1) is 10.7. The molecular weight excluding hydrogens is 252 g/mol. The summed E-state index contributed by atoms with van der Waals surface area (Å²) in [5.41, 5.74) is 2.38. The summed E-state index contributed by atoms with van der Waals surface area (Å²) < 4.78 is 1.08. The summed E-state index contributed by atoms with van der Waals surface area (Å²) in [7, 11) is 0. The number of halogens is 1. The topological polar surface area (TPSA) is 27.1 Å².